The minimum absolute atomic E-state index is 0.0271. The third kappa shape index (κ3) is 3.03. The van der Waals surface area contributed by atoms with Crippen molar-refractivity contribution in [1.29, 1.82) is 0 Å². The molecule has 29 heavy (non-hydrogen) atoms. The van der Waals surface area contributed by atoms with Gasteiger partial charge in [0.1, 0.15) is 12.4 Å². The second-order valence-electron chi connectivity index (χ2n) is 7.63. The van der Waals surface area contributed by atoms with E-state index in [1.54, 1.807) is 4.57 Å². The van der Waals surface area contributed by atoms with Gasteiger partial charge in [-0.1, -0.05) is 18.6 Å². The van der Waals surface area contributed by atoms with Crippen LogP contribution in [0.2, 0.25) is 0 Å². The van der Waals surface area contributed by atoms with Gasteiger partial charge in [-0.25, -0.2) is 9.78 Å². The van der Waals surface area contributed by atoms with Crippen LogP contribution in [0.1, 0.15) is 37.9 Å². The van der Waals surface area contributed by atoms with E-state index in [1.807, 2.05) is 49.4 Å². The van der Waals surface area contributed by atoms with Crippen molar-refractivity contribution in [3.05, 3.63) is 58.8 Å². The third-order valence-corrected chi connectivity index (χ3v) is 5.82. The predicted octanol–water partition coefficient (Wildman–Crippen LogP) is 3.61. The smallest absolute Gasteiger partial charge is 0.329 e. The van der Waals surface area contributed by atoms with Gasteiger partial charge in [-0.15, -0.1) is 0 Å². The Hall–Kier alpha value is -3.35. The lowest BCUT2D eigenvalue weighted by Gasteiger charge is -2.22. The molecular weight excluding hydrogens is 366 g/mol. The highest BCUT2D eigenvalue weighted by Crippen LogP contribution is 2.35. The van der Waals surface area contributed by atoms with Crippen LogP contribution in [0.25, 0.3) is 22.1 Å². The standard InChI is InChI=1S/C22H23N5O2/c1-2-26-18-8-3-4-9-19(18)27(22(26)29)13-20(28)23-15-10-11-16-17(12-15)25-21(24-16)14-6-5-7-14/h3-4,8-12,14H,2,5-7,13H2,1H3,(H,23,28)(H,24,25). The van der Waals surface area contributed by atoms with Crippen molar-refractivity contribution in [3.63, 3.8) is 0 Å². The van der Waals surface area contributed by atoms with E-state index >= 15 is 0 Å². The van der Waals surface area contributed by atoms with Gasteiger partial charge in [-0.05, 0) is 50.1 Å². The molecule has 7 nitrogen and oxygen atoms in total. The summed E-state index contributed by atoms with van der Waals surface area (Å²) in [6.45, 7) is 2.46. The molecule has 0 atom stereocenters. The summed E-state index contributed by atoms with van der Waals surface area (Å²) >= 11 is 0. The third-order valence-electron chi connectivity index (χ3n) is 5.82. The summed E-state index contributed by atoms with van der Waals surface area (Å²) in [6.07, 6.45) is 3.63. The number of carbonyl (C=O) groups excluding carboxylic acids is 1. The second-order valence-corrected chi connectivity index (χ2v) is 7.63. The number of aromatic nitrogens is 4. The molecule has 5 rings (SSSR count). The maximum absolute atomic E-state index is 12.7. The molecule has 148 valence electrons. The maximum atomic E-state index is 12.7. The first kappa shape index (κ1) is 17.7. The number of nitrogens with zero attached hydrogens (tertiary/aromatic N) is 3. The van der Waals surface area contributed by atoms with Crippen molar-refractivity contribution in [1.82, 2.24) is 19.1 Å². The number of nitrogens with one attached hydrogen (secondary N) is 2. The molecule has 1 saturated carbocycles. The van der Waals surface area contributed by atoms with Gasteiger partial charge in [0.2, 0.25) is 5.91 Å². The van der Waals surface area contributed by atoms with E-state index in [9.17, 15) is 9.59 Å². The Morgan fingerprint density at radius 2 is 1.93 bits per heavy atom. The van der Waals surface area contributed by atoms with Crippen LogP contribution in [0.5, 0.6) is 0 Å². The summed E-state index contributed by atoms with van der Waals surface area (Å²) in [7, 11) is 0. The van der Waals surface area contributed by atoms with Crippen LogP contribution in [0.4, 0.5) is 5.69 Å². The number of aryl methyl sites for hydroxylation is 1. The fourth-order valence-electron chi connectivity index (χ4n) is 4.06. The Bertz CT molecular complexity index is 1280. The van der Waals surface area contributed by atoms with Crippen molar-refractivity contribution < 1.29 is 4.79 Å². The summed E-state index contributed by atoms with van der Waals surface area (Å²) in [5.74, 6) is 1.33. The van der Waals surface area contributed by atoms with Crippen molar-refractivity contribution in [2.75, 3.05) is 5.32 Å². The lowest BCUT2D eigenvalue weighted by atomic mass is 9.85. The molecule has 0 radical (unpaired) electrons. The Morgan fingerprint density at radius 3 is 2.62 bits per heavy atom. The minimum atomic E-state index is -0.232. The Kier molecular flexibility index (Phi) is 4.23. The SMILES string of the molecule is CCn1c(=O)n(CC(=O)Nc2ccc3nc(C4CCC4)[nH]c3c2)c2ccccc21. The van der Waals surface area contributed by atoms with Crippen LogP contribution < -0.4 is 11.0 Å². The van der Waals surface area contributed by atoms with E-state index < -0.39 is 0 Å². The molecule has 1 fully saturated rings. The topological polar surface area (TPSA) is 84.7 Å². The lowest BCUT2D eigenvalue weighted by Crippen LogP contribution is -2.29. The number of H-pyrrole nitrogens is 1. The summed E-state index contributed by atoms with van der Waals surface area (Å²) in [5.41, 5.74) is 3.96. The number of amides is 1. The molecule has 2 aromatic carbocycles. The van der Waals surface area contributed by atoms with Crippen molar-refractivity contribution in [2.24, 2.45) is 0 Å². The number of carbonyl (C=O) groups is 1. The quantitative estimate of drug-likeness (QED) is 0.547. The molecule has 0 saturated heterocycles. The monoisotopic (exact) mass is 389 g/mol. The highest BCUT2D eigenvalue weighted by molar-refractivity contribution is 5.93. The van der Waals surface area contributed by atoms with Crippen molar-refractivity contribution in [3.8, 4) is 0 Å². The van der Waals surface area contributed by atoms with Gasteiger partial charge in [0.25, 0.3) is 0 Å². The zero-order valence-corrected chi connectivity index (χ0v) is 16.3. The largest absolute Gasteiger partial charge is 0.342 e. The molecule has 1 aliphatic rings. The van der Waals surface area contributed by atoms with E-state index in [0.29, 0.717) is 18.2 Å². The van der Waals surface area contributed by atoms with Gasteiger partial charge in [0.15, 0.2) is 0 Å². The zero-order valence-electron chi connectivity index (χ0n) is 16.3. The summed E-state index contributed by atoms with van der Waals surface area (Å²) < 4.78 is 3.21. The highest BCUT2D eigenvalue weighted by Gasteiger charge is 2.22. The summed E-state index contributed by atoms with van der Waals surface area (Å²) in [5, 5.41) is 2.91. The van der Waals surface area contributed by atoms with Crippen LogP contribution in [0.15, 0.2) is 47.3 Å². The number of hydrogen-bond donors (Lipinski definition) is 2. The molecule has 1 amide bonds. The van der Waals surface area contributed by atoms with Gasteiger partial charge in [0, 0.05) is 18.2 Å². The highest BCUT2D eigenvalue weighted by atomic mass is 16.2. The first-order chi connectivity index (χ1) is 14.1. The number of aromatic amines is 1. The fraction of sp³-hybridized carbons (Fsp3) is 0.318. The first-order valence-electron chi connectivity index (χ1n) is 10.1. The molecular formula is C22H23N5O2. The van der Waals surface area contributed by atoms with Crippen molar-refractivity contribution in [2.45, 2.75) is 45.2 Å². The number of rotatable bonds is 5. The average molecular weight is 389 g/mol. The minimum Gasteiger partial charge on any atom is -0.342 e. The van der Waals surface area contributed by atoms with Gasteiger partial charge < -0.3 is 10.3 Å². The zero-order chi connectivity index (χ0) is 20.0. The van der Waals surface area contributed by atoms with Gasteiger partial charge in [-0.3, -0.25) is 13.9 Å². The normalized spacial score (nSPS) is 14.4. The second kappa shape index (κ2) is 6.92. The van der Waals surface area contributed by atoms with Crippen LogP contribution in [0, 0.1) is 0 Å². The van der Waals surface area contributed by atoms with Crippen LogP contribution >= 0.6 is 0 Å². The maximum Gasteiger partial charge on any atom is 0.329 e. The number of benzene rings is 2. The van der Waals surface area contributed by atoms with Gasteiger partial charge in [-0.2, -0.15) is 0 Å². The summed E-state index contributed by atoms with van der Waals surface area (Å²) in [4.78, 5) is 33.4. The molecule has 2 N–H and O–H groups in total. The lowest BCUT2D eigenvalue weighted by molar-refractivity contribution is -0.116. The molecule has 7 heteroatoms. The Labute approximate surface area is 167 Å². The molecule has 0 bridgehead atoms. The van der Waals surface area contributed by atoms with Gasteiger partial charge in [0.05, 0.1) is 22.1 Å². The molecule has 2 heterocycles. The van der Waals surface area contributed by atoms with Crippen LogP contribution in [-0.4, -0.2) is 25.0 Å². The number of imidazole rings is 2. The average Bonchev–Trinajstić information content (AvgIpc) is 3.19. The van der Waals surface area contributed by atoms with E-state index in [0.717, 1.165) is 27.9 Å². The number of hydrogen-bond acceptors (Lipinski definition) is 3. The molecule has 1 aliphatic carbocycles. The van der Waals surface area contributed by atoms with E-state index in [1.165, 1.54) is 23.8 Å². The predicted molar refractivity (Wildman–Crippen MR) is 113 cm³/mol. The first-order valence-corrected chi connectivity index (χ1v) is 10.1. The molecule has 4 aromatic rings. The molecule has 0 spiro atoms. The van der Waals surface area contributed by atoms with E-state index in [2.05, 4.69) is 15.3 Å². The van der Waals surface area contributed by atoms with E-state index in [-0.39, 0.29) is 18.1 Å². The molecule has 0 unspecified atom stereocenters. The fourth-order valence-corrected chi connectivity index (χ4v) is 4.06. The van der Waals surface area contributed by atoms with E-state index in [4.69, 9.17) is 0 Å². The number of fused-ring (bicyclic) bond motifs is 2. The van der Waals surface area contributed by atoms with Crippen LogP contribution in [0.3, 0.4) is 0 Å². The molecule has 0 aliphatic heterocycles. The van der Waals surface area contributed by atoms with Crippen LogP contribution in [-0.2, 0) is 17.9 Å². The van der Waals surface area contributed by atoms with Gasteiger partial charge >= 0.3 is 5.69 Å². The number of para-hydroxylation sites is 2. The number of anilines is 1. The molecule has 2 aromatic heterocycles. The van der Waals surface area contributed by atoms with Crippen molar-refractivity contribution >= 4 is 33.7 Å². The summed E-state index contributed by atoms with van der Waals surface area (Å²) in [6, 6.07) is 13.2. The Morgan fingerprint density at radius 1 is 1.17 bits per heavy atom. The Balaban J connectivity index is 1.39.